The molecule has 1 aliphatic carbocycles. The second-order valence-corrected chi connectivity index (χ2v) is 4.90. The van der Waals surface area contributed by atoms with Crippen LogP contribution in [0.1, 0.15) is 23.2 Å². The minimum absolute atomic E-state index is 0.0767. The first kappa shape index (κ1) is 12.5. The summed E-state index contributed by atoms with van der Waals surface area (Å²) in [7, 11) is 0. The summed E-state index contributed by atoms with van der Waals surface area (Å²) in [6.07, 6.45) is 1.94. The first-order chi connectivity index (χ1) is 9.54. The predicted molar refractivity (Wildman–Crippen MR) is 70.7 cm³/mol. The van der Waals surface area contributed by atoms with Crippen LogP contribution in [0.5, 0.6) is 0 Å². The van der Waals surface area contributed by atoms with Crippen molar-refractivity contribution in [2.24, 2.45) is 0 Å². The second-order valence-electron chi connectivity index (χ2n) is 4.90. The van der Waals surface area contributed by atoms with Gasteiger partial charge in [0.2, 0.25) is 5.91 Å². The summed E-state index contributed by atoms with van der Waals surface area (Å²) >= 11 is 0. The van der Waals surface area contributed by atoms with Crippen molar-refractivity contribution in [2.45, 2.75) is 25.4 Å². The fraction of sp³-hybridized carbons (Fsp3) is 0.308. The molecule has 1 saturated carbocycles. The van der Waals surface area contributed by atoms with Crippen molar-refractivity contribution >= 4 is 22.9 Å². The van der Waals surface area contributed by atoms with E-state index in [1.54, 1.807) is 0 Å². The third-order valence-electron chi connectivity index (χ3n) is 3.27. The molecule has 0 spiro atoms. The van der Waals surface area contributed by atoms with Gasteiger partial charge in [0.25, 0.3) is 0 Å². The van der Waals surface area contributed by atoms with E-state index in [2.05, 4.69) is 10.3 Å². The minimum atomic E-state index is -1.07. The van der Waals surface area contributed by atoms with Gasteiger partial charge in [0.05, 0.1) is 16.6 Å². The number of fused-ring (bicyclic) bond motifs is 1. The maximum Gasteiger partial charge on any atom is 0.335 e. The maximum absolute atomic E-state index is 11.8. The normalized spacial score (nSPS) is 14.4. The average Bonchev–Trinajstić information content (AvgIpc) is 3.14. The minimum Gasteiger partial charge on any atom is -0.478 e. The molecule has 0 unspecified atom stereocenters. The molecule has 0 saturated heterocycles. The van der Waals surface area contributed by atoms with Gasteiger partial charge in [-0.15, -0.1) is 0 Å². The standard InChI is InChI=1S/C13H13N3O4/c17-11(14-8-2-3-8)6-16-10-5-7(12(18)19)1-4-9(10)15-13(16)20/h1,4-5,8H,2-3,6H2,(H,14,17)(H,15,20)(H,18,19). The fourth-order valence-electron chi connectivity index (χ4n) is 2.09. The molecule has 7 heteroatoms. The lowest BCUT2D eigenvalue weighted by Gasteiger charge is -2.05. The molecule has 0 radical (unpaired) electrons. The van der Waals surface area contributed by atoms with Gasteiger partial charge < -0.3 is 15.4 Å². The Morgan fingerprint density at radius 2 is 2.15 bits per heavy atom. The molecule has 104 valence electrons. The number of imidazole rings is 1. The van der Waals surface area contributed by atoms with Crippen LogP contribution in [-0.4, -0.2) is 32.6 Å². The number of carboxylic acids is 1. The Kier molecular flexibility index (Phi) is 2.81. The molecule has 20 heavy (non-hydrogen) atoms. The van der Waals surface area contributed by atoms with Gasteiger partial charge in [0, 0.05) is 6.04 Å². The van der Waals surface area contributed by atoms with Crippen LogP contribution < -0.4 is 11.0 Å². The molecule has 1 aromatic heterocycles. The van der Waals surface area contributed by atoms with E-state index in [0.29, 0.717) is 11.0 Å². The number of nitrogens with one attached hydrogen (secondary N) is 2. The highest BCUT2D eigenvalue weighted by molar-refractivity contribution is 5.92. The van der Waals surface area contributed by atoms with Gasteiger partial charge in [-0.3, -0.25) is 9.36 Å². The zero-order valence-electron chi connectivity index (χ0n) is 10.5. The van der Waals surface area contributed by atoms with Crippen molar-refractivity contribution in [3.63, 3.8) is 0 Å². The number of hydrogen-bond acceptors (Lipinski definition) is 3. The third kappa shape index (κ3) is 2.29. The third-order valence-corrected chi connectivity index (χ3v) is 3.27. The maximum atomic E-state index is 11.8. The van der Waals surface area contributed by atoms with E-state index in [1.807, 2.05) is 0 Å². The van der Waals surface area contributed by atoms with Gasteiger partial charge in [-0.1, -0.05) is 0 Å². The number of carbonyl (C=O) groups is 2. The summed E-state index contributed by atoms with van der Waals surface area (Å²) < 4.78 is 1.25. The molecule has 3 rings (SSSR count). The Labute approximate surface area is 113 Å². The molecule has 0 aliphatic heterocycles. The van der Waals surface area contributed by atoms with Crippen LogP contribution in [0, 0.1) is 0 Å². The molecule has 1 heterocycles. The van der Waals surface area contributed by atoms with Gasteiger partial charge in [0.15, 0.2) is 0 Å². The number of rotatable bonds is 4. The zero-order valence-corrected chi connectivity index (χ0v) is 10.5. The lowest BCUT2D eigenvalue weighted by molar-refractivity contribution is -0.121. The summed E-state index contributed by atoms with van der Waals surface area (Å²) in [6, 6.07) is 4.54. The van der Waals surface area contributed by atoms with Crippen molar-refractivity contribution in [1.29, 1.82) is 0 Å². The lowest BCUT2D eigenvalue weighted by atomic mass is 10.2. The number of H-pyrrole nitrogens is 1. The van der Waals surface area contributed by atoms with Crippen molar-refractivity contribution in [3.8, 4) is 0 Å². The molecule has 3 N–H and O–H groups in total. The molecular weight excluding hydrogens is 262 g/mol. The number of benzene rings is 1. The topological polar surface area (TPSA) is 104 Å². The summed E-state index contributed by atoms with van der Waals surface area (Å²) in [6.45, 7) is -0.113. The van der Waals surface area contributed by atoms with Gasteiger partial charge in [0.1, 0.15) is 6.54 Å². The number of aromatic carboxylic acids is 1. The highest BCUT2D eigenvalue weighted by Crippen LogP contribution is 2.18. The summed E-state index contributed by atoms with van der Waals surface area (Å²) in [5.41, 5.74) is 0.585. The van der Waals surface area contributed by atoms with E-state index in [-0.39, 0.29) is 24.1 Å². The molecule has 2 aromatic rings. The smallest absolute Gasteiger partial charge is 0.335 e. The first-order valence-corrected chi connectivity index (χ1v) is 6.30. The van der Waals surface area contributed by atoms with Gasteiger partial charge in [-0.2, -0.15) is 0 Å². The largest absolute Gasteiger partial charge is 0.478 e. The van der Waals surface area contributed by atoms with Gasteiger partial charge in [-0.25, -0.2) is 9.59 Å². The predicted octanol–water partition coefficient (Wildman–Crippen LogP) is 0.306. The highest BCUT2D eigenvalue weighted by atomic mass is 16.4. The summed E-state index contributed by atoms with van der Waals surface area (Å²) in [5.74, 6) is -1.31. The van der Waals surface area contributed by atoms with E-state index < -0.39 is 11.7 Å². The van der Waals surface area contributed by atoms with Crippen molar-refractivity contribution < 1.29 is 14.7 Å². The average molecular weight is 275 g/mol. The molecule has 1 amide bonds. The van der Waals surface area contributed by atoms with Gasteiger partial charge in [-0.05, 0) is 31.0 Å². The monoisotopic (exact) mass is 275 g/mol. The number of hydrogen-bond donors (Lipinski definition) is 3. The van der Waals surface area contributed by atoms with Crippen molar-refractivity contribution in [2.75, 3.05) is 0 Å². The Morgan fingerprint density at radius 1 is 1.40 bits per heavy atom. The Hall–Kier alpha value is -2.57. The van der Waals surface area contributed by atoms with Crippen LogP contribution in [0.3, 0.4) is 0 Å². The molecule has 0 atom stereocenters. The SMILES string of the molecule is O=C(Cn1c(=O)[nH]c2ccc(C(=O)O)cc21)NC1CC1. The van der Waals surface area contributed by atoms with E-state index >= 15 is 0 Å². The lowest BCUT2D eigenvalue weighted by Crippen LogP contribution is -2.32. The summed E-state index contributed by atoms with van der Waals surface area (Å²) in [5, 5.41) is 11.8. The Bertz CT molecular complexity index is 755. The number of carbonyl (C=O) groups excluding carboxylic acids is 1. The fourth-order valence-corrected chi connectivity index (χ4v) is 2.09. The number of aromatic nitrogens is 2. The summed E-state index contributed by atoms with van der Waals surface area (Å²) in [4.78, 5) is 37.2. The molecule has 7 nitrogen and oxygen atoms in total. The molecule has 1 aliphatic rings. The molecule has 0 bridgehead atoms. The van der Waals surface area contributed by atoms with Crippen LogP contribution in [0.25, 0.3) is 11.0 Å². The van der Waals surface area contributed by atoms with Crippen LogP contribution in [-0.2, 0) is 11.3 Å². The van der Waals surface area contributed by atoms with E-state index in [1.165, 1.54) is 22.8 Å². The number of nitrogens with zero attached hydrogens (tertiary/aromatic N) is 1. The number of carboxylic acid groups (broad SMARTS) is 1. The molecular formula is C13H13N3O4. The Morgan fingerprint density at radius 3 is 2.80 bits per heavy atom. The Balaban J connectivity index is 1.97. The van der Waals surface area contributed by atoms with Crippen LogP contribution >= 0.6 is 0 Å². The second kappa shape index (κ2) is 4.52. The number of amides is 1. The highest BCUT2D eigenvalue weighted by Gasteiger charge is 2.23. The van der Waals surface area contributed by atoms with Crippen LogP contribution in [0.2, 0.25) is 0 Å². The van der Waals surface area contributed by atoms with Crippen molar-refractivity contribution in [3.05, 3.63) is 34.2 Å². The number of aromatic amines is 1. The van der Waals surface area contributed by atoms with E-state index in [9.17, 15) is 14.4 Å². The van der Waals surface area contributed by atoms with E-state index in [4.69, 9.17) is 5.11 Å². The quantitative estimate of drug-likeness (QED) is 0.746. The van der Waals surface area contributed by atoms with E-state index in [0.717, 1.165) is 12.8 Å². The molecule has 1 aromatic carbocycles. The van der Waals surface area contributed by atoms with Gasteiger partial charge >= 0.3 is 11.7 Å². The zero-order chi connectivity index (χ0) is 14.3. The van der Waals surface area contributed by atoms with Crippen molar-refractivity contribution in [1.82, 2.24) is 14.9 Å². The van der Waals surface area contributed by atoms with Crippen LogP contribution in [0.15, 0.2) is 23.0 Å². The van der Waals surface area contributed by atoms with Crippen LogP contribution in [0.4, 0.5) is 0 Å². The molecule has 1 fully saturated rings. The first-order valence-electron chi connectivity index (χ1n) is 6.30.